The average Bonchev–Trinajstić information content (AvgIpc) is 2.05. The molecule has 3 nitrogen and oxygen atoms in total. The molecule has 12 heavy (non-hydrogen) atoms. The lowest BCUT2D eigenvalue weighted by molar-refractivity contribution is 0.387. The Bertz CT molecular complexity index is 235. The molecule has 0 aliphatic rings. The van der Waals surface area contributed by atoms with Gasteiger partial charge in [0.15, 0.2) is 11.6 Å². The third kappa shape index (κ3) is 2.09. The van der Waals surface area contributed by atoms with E-state index in [4.69, 9.17) is 10.6 Å². The number of hydrogen-bond donors (Lipinski definition) is 2. The Hall–Kier alpha value is -0.810. The Labute approximate surface area is 80.4 Å². The van der Waals surface area contributed by atoms with Gasteiger partial charge in [0.25, 0.3) is 0 Å². The average molecular weight is 237 g/mol. The zero-order chi connectivity index (χ0) is 8.27. The molecule has 3 N–H and O–H groups in total. The molecule has 0 aliphatic carbocycles. The van der Waals surface area contributed by atoms with Crippen LogP contribution >= 0.6 is 17.0 Å². The fraction of sp³-hybridized carbons (Fsp3) is 0.143. The van der Waals surface area contributed by atoms with Crippen molar-refractivity contribution in [3.63, 3.8) is 0 Å². The highest BCUT2D eigenvalue weighted by Crippen LogP contribution is 2.22. The Morgan fingerprint density at radius 1 is 1.50 bits per heavy atom. The second-order valence-corrected chi connectivity index (χ2v) is 1.97. The molecule has 0 bridgehead atoms. The molecule has 0 aromatic heterocycles. The number of anilines is 1. The van der Waals surface area contributed by atoms with Crippen molar-refractivity contribution in [3.05, 3.63) is 24.0 Å². The lowest BCUT2D eigenvalue weighted by atomic mass is 10.3. The number of rotatable bonds is 2. The number of benzene rings is 1. The topological polar surface area (TPSA) is 47.3 Å². The van der Waals surface area contributed by atoms with Crippen LogP contribution in [0.15, 0.2) is 18.2 Å². The van der Waals surface area contributed by atoms with Crippen molar-refractivity contribution in [1.82, 2.24) is 0 Å². The van der Waals surface area contributed by atoms with Gasteiger partial charge in [0, 0.05) is 0 Å². The number of nitrogen functional groups attached to an aromatic ring is 1. The minimum Gasteiger partial charge on any atom is -0.494 e. The van der Waals surface area contributed by atoms with Gasteiger partial charge in [-0.1, -0.05) is 6.07 Å². The van der Waals surface area contributed by atoms with Crippen molar-refractivity contribution < 1.29 is 9.13 Å². The van der Waals surface area contributed by atoms with E-state index in [0.29, 0.717) is 0 Å². The molecule has 0 fully saturated rings. The van der Waals surface area contributed by atoms with E-state index in [-0.39, 0.29) is 28.4 Å². The number of methoxy groups -OCH3 is 1. The van der Waals surface area contributed by atoms with Crippen LogP contribution in [0.4, 0.5) is 10.1 Å². The molecule has 5 heteroatoms. The summed E-state index contributed by atoms with van der Waals surface area (Å²) < 4.78 is 17.7. The second kappa shape index (κ2) is 4.95. The van der Waals surface area contributed by atoms with Gasteiger partial charge < -0.3 is 10.2 Å². The summed E-state index contributed by atoms with van der Waals surface area (Å²) in [6.07, 6.45) is 0. The first-order chi connectivity index (χ1) is 5.29. The molecule has 0 unspecified atom stereocenters. The maximum absolute atomic E-state index is 13.0. The first-order valence-electron chi connectivity index (χ1n) is 3.08. The van der Waals surface area contributed by atoms with E-state index in [1.54, 1.807) is 6.07 Å². The number of hydrazine groups is 1. The van der Waals surface area contributed by atoms with Gasteiger partial charge in [0.05, 0.1) is 12.8 Å². The van der Waals surface area contributed by atoms with Crippen LogP contribution in [0.1, 0.15) is 0 Å². The molecule has 0 heterocycles. The standard InChI is InChI=1S/C7H9FN2O.BrH/c1-11-6-4-2-3-5(10-9)7(6)8;/h2-4,10H,9H2,1H3;1H. The third-order valence-corrected chi connectivity index (χ3v) is 1.34. The molecular formula is C7H10BrFN2O. The van der Waals surface area contributed by atoms with E-state index in [9.17, 15) is 4.39 Å². The summed E-state index contributed by atoms with van der Waals surface area (Å²) in [5.41, 5.74) is 2.44. The van der Waals surface area contributed by atoms with Crippen LogP contribution in [0.25, 0.3) is 0 Å². The fourth-order valence-electron chi connectivity index (χ4n) is 0.780. The monoisotopic (exact) mass is 236 g/mol. The summed E-state index contributed by atoms with van der Waals surface area (Å²) in [5.74, 6) is 4.74. The first-order valence-corrected chi connectivity index (χ1v) is 3.08. The summed E-state index contributed by atoms with van der Waals surface area (Å²) in [4.78, 5) is 0. The normalized spacial score (nSPS) is 8.58. The summed E-state index contributed by atoms with van der Waals surface area (Å²) in [7, 11) is 1.40. The van der Waals surface area contributed by atoms with Crippen molar-refractivity contribution in [2.45, 2.75) is 0 Å². The van der Waals surface area contributed by atoms with Gasteiger partial charge in [-0.05, 0) is 12.1 Å². The molecule has 1 rings (SSSR count). The number of halogens is 2. The summed E-state index contributed by atoms with van der Waals surface area (Å²) >= 11 is 0. The molecule has 0 saturated heterocycles. The van der Waals surface area contributed by atoms with E-state index in [1.165, 1.54) is 19.2 Å². The van der Waals surface area contributed by atoms with Crippen LogP contribution in [0.5, 0.6) is 5.75 Å². The summed E-state index contributed by atoms with van der Waals surface area (Å²) in [6.45, 7) is 0. The minimum absolute atomic E-state index is 0. The Balaban J connectivity index is 0.00000121. The first kappa shape index (κ1) is 11.2. The maximum atomic E-state index is 13.0. The van der Waals surface area contributed by atoms with Crippen LogP contribution in [0.3, 0.4) is 0 Å². The zero-order valence-electron chi connectivity index (χ0n) is 6.50. The third-order valence-electron chi connectivity index (χ3n) is 1.34. The maximum Gasteiger partial charge on any atom is 0.189 e. The highest BCUT2D eigenvalue weighted by Gasteiger charge is 2.05. The van der Waals surface area contributed by atoms with Crippen molar-refractivity contribution in [1.29, 1.82) is 0 Å². The zero-order valence-corrected chi connectivity index (χ0v) is 8.22. The molecule has 0 radical (unpaired) electrons. The van der Waals surface area contributed by atoms with Crippen LogP contribution in [0.2, 0.25) is 0 Å². The van der Waals surface area contributed by atoms with E-state index < -0.39 is 5.82 Å². The van der Waals surface area contributed by atoms with E-state index in [2.05, 4.69) is 5.43 Å². The highest BCUT2D eigenvalue weighted by atomic mass is 79.9. The number of nitrogens with two attached hydrogens (primary N) is 1. The predicted octanol–water partition coefficient (Wildman–Crippen LogP) is 1.70. The Morgan fingerprint density at radius 3 is 2.67 bits per heavy atom. The van der Waals surface area contributed by atoms with Gasteiger partial charge >= 0.3 is 0 Å². The number of hydrogen-bond acceptors (Lipinski definition) is 3. The van der Waals surface area contributed by atoms with Gasteiger partial charge in [-0.25, -0.2) is 4.39 Å². The lowest BCUT2D eigenvalue weighted by Gasteiger charge is -2.05. The van der Waals surface area contributed by atoms with Crippen LogP contribution in [0, 0.1) is 5.82 Å². The van der Waals surface area contributed by atoms with E-state index in [1.807, 2.05) is 0 Å². The SMILES string of the molecule is Br.COc1cccc(NN)c1F. The molecule has 0 amide bonds. The van der Waals surface area contributed by atoms with Crippen LogP contribution < -0.4 is 16.0 Å². The smallest absolute Gasteiger partial charge is 0.189 e. The predicted molar refractivity (Wildman–Crippen MR) is 51.1 cm³/mol. The van der Waals surface area contributed by atoms with Crippen molar-refractivity contribution in [3.8, 4) is 5.75 Å². The molecule has 1 aromatic carbocycles. The highest BCUT2D eigenvalue weighted by molar-refractivity contribution is 8.93. The Kier molecular flexibility index (Phi) is 4.61. The van der Waals surface area contributed by atoms with Crippen LogP contribution in [-0.4, -0.2) is 7.11 Å². The molecule has 0 aliphatic heterocycles. The van der Waals surface area contributed by atoms with Gasteiger partial charge in [-0.15, -0.1) is 17.0 Å². The molecule has 1 aromatic rings. The summed E-state index contributed by atoms with van der Waals surface area (Å²) in [5, 5.41) is 0. The van der Waals surface area contributed by atoms with Gasteiger partial charge in [0.1, 0.15) is 0 Å². The molecular weight excluding hydrogens is 227 g/mol. The van der Waals surface area contributed by atoms with Gasteiger partial charge in [-0.2, -0.15) is 0 Å². The van der Waals surface area contributed by atoms with Gasteiger partial charge in [0.2, 0.25) is 0 Å². The minimum atomic E-state index is -0.475. The Morgan fingerprint density at radius 2 is 2.17 bits per heavy atom. The number of nitrogens with one attached hydrogen (secondary N) is 1. The largest absolute Gasteiger partial charge is 0.494 e. The van der Waals surface area contributed by atoms with Gasteiger partial charge in [-0.3, -0.25) is 5.84 Å². The van der Waals surface area contributed by atoms with Crippen LogP contribution in [-0.2, 0) is 0 Å². The number of ether oxygens (including phenoxy) is 1. The van der Waals surface area contributed by atoms with E-state index in [0.717, 1.165) is 0 Å². The molecule has 0 atom stereocenters. The fourth-order valence-corrected chi connectivity index (χ4v) is 0.780. The molecule has 0 spiro atoms. The summed E-state index contributed by atoms with van der Waals surface area (Å²) in [6, 6.07) is 4.70. The van der Waals surface area contributed by atoms with Crippen molar-refractivity contribution >= 4 is 22.7 Å². The van der Waals surface area contributed by atoms with Crippen molar-refractivity contribution in [2.24, 2.45) is 5.84 Å². The molecule has 68 valence electrons. The second-order valence-electron chi connectivity index (χ2n) is 1.97. The van der Waals surface area contributed by atoms with E-state index >= 15 is 0 Å². The lowest BCUT2D eigenvalue weighted by Crippen LogP contribution is -2.08. The molecule has 0 saturated carbocycles. The quantitative estimate of drug-likeness (QED) is 0.607. The van der Waals surface area contributed by atoms with Crippen molar-refractivity contribution in [2.75, 3.05) is 12.5 Å².